The minimum absolute atomic E-state index is 0.761. The van der Waals surface area contributed by atoms with Gasteiger partial charge in [0.05, 0.1) is 0 Å². The average Bonchev–Trinajstić information content (AvgIpc) is 3.25. The van der Waals surface area contributed by atoms with Crippen LogP contribution in [0.5, 0.6) is 5.75 Å². The van der Waals surface area contributed by atoms with E-state index in [-0.39, 0.29) is 0 Å². The van der Waals surface area contributed by atoms with Crippen LogP contribution < -0.4 is 10.1 Å². The molecule has 18 heavy (non-hydrogen) atoms. The Hall–Kier alpha value is -0.540. The second-order valence-electron chi connectivity index (χ2n) is 5.46. The van der Waals surface area contributed by atoms with Crippen LogP contribution in [0.1, 0.15) is 25.7 Å². The summed E-state index contributed by atoms with van der Waals surface area (Å²) in [6.45, 7) is 1.73. The molecule has 2 aliphatic carbocycles. The van der Waals surface area contributed by atoms with Crippen molar-refractivity contribution in [1.29, 1.82) is 0 Å². The van der Waals surface area contributed by atoms with Gasteiger partial charge >= 0.3 is 0 Å². The van der Waals surface area contributed by atoms with Crippen LogP contribution in [0.2, 0.25) is 0 Å². The maximum atomic E-state index is 5.73. The average molecular weight is 310 g/mol. The van der Waals surface area contributed by atoms with Crippen LogP contribution in [0.25, 0.3) is 0 Å². The van der Waals surface area contributed by atoms with Gasteiger partial charge < -0.3 is 10.1 Å². The van der Waals surface area contributed by atoms with E-state index in [0.717, 1.165) is 41.3 Å². The second kappa shape index (κ2) is 5.62. The molecule has 2 saturated carbocycles. The molecule has 0 aromatic heterocycles. The lowest BCUT2D eigenvalue weighted by Crippen LogP contribution is -2.36. The van der Waals surface area contributed by atoms with Gasteiger partial charge in [-0.1, -0.05) is 15.9 Å². The maximum absolute atomic E-state index is 5.73. The fourth-order valence-corrected chi connectivity index (χ4v) is 2.82. The Balaban J connectivity index is 1.37. The minimum Gasteiger partial charge on any atom is -0.492 e. The van der Waals surface area contributed by atoms with Crippen LogP contribution >= 0.6 is 15.9 Å². The number of nitrogens with one attached hydrogen (secondary N) is 1. The van der Waals surface area contributed by atoms with Crippen molar-refractivity contribution in [3.8, 4) is 5.75 Å². The summed E-state index contributed by atoms with van der Waals surface area (Å²) in [5, 5.41) is 3.69. The van der Waals surface area contributed by atoms with Gasteiger partial charge in [0.25, 0.3) is 0 Å². The summed E-state index contributed by atoms with van der Waals surface area (Å²) in [6, 6.07) is 8.81. The first-order chi connectivity index (χ1) is 8.83. The molecule has 0 spiro atoms. The van der Waals surface area contributed by atoms with Crippen molar-refractivity contribution >= 4 is 15.9 Å². The molecule has 3 heteroatoms. The summed E-state index contributed by atoms with van der Waals surface area (Å²) in [6.07, 6.45) is 5.73. The van der Waals surface area contributed by atoms with E-state index in [1.54, 1.807) is 0 Å². The van der Waals surface area contributed by atoms with Crippen molar-refractivity contribution in [3.63, 3.8) is 0 Å². The van der Waals surface area contributed by atoms with Gasteiger partial charge in [-0.15, -0.1) is 0 Å². The summed E-state index contributed by atoms with van der Waals surface area (Å²) < 4.78 is 6.82. The number of hydrogen-bond acceptors (Lipinski definition) is 2. The van der Waals surface area contributed by atoms with E-state index in [4.69, 9.17) is 4.74 Å². The summed E-state index contributed by atoms with van der Waals surface area (Å²) in [5.41, 5.74) is 0. The SMILES string of the molecule is Brc1ccc(OCCNC(C2CC2)C2CC2)cc1. The first kappa shape index (κ1) is 12.5. The predicted molar refractivity (Wildman–Crippen MR) is 76.9 cm³/mol. The minimum atomic E-state index is 0.761. The summed E-state index contributed by atoms with van der Waals surface area (Å²) in [4.78, 5) is 0. The van der Waals surface area contributed by atoms with Gasteiger partial charge in [-0.05, 0) is 61.8 Å². The van der Waals surface area contributed by atoms with E-state index in [1.165, 1.54) is 25.7 Å². The van der Waals surface area contributed by atoms with Gasteiger partial charge in [-0.3, -0.25) is 0 Å². The number of hydrogen-bond donors (Lipinski definition) is 1. The molecule has 0 heterocycles. The zero-order valence-corrected chi connectivity index (χ0v) is 12.2. The fraction of sp³-hybridized carbons (Fsp3) is 0.600. The van der Waals surface area contributed by atoms with Gasteiger partial charge in [0, 0.05) is 17.1 Å². The molecule has 0 aliphatic heterocycles. The van der Waals surface area contributed by atoms with Gasteiger partial charge in [0.2, 0.25) is 0 Å². The normalized spacial score (nSPS) is 19.2. The van der Waals surface area contributed by atoms with E-state index < -0.39 is 0 Å². The highest BCUT2D eigenvalue weighted by atomic mass is 79.9. The molecule has 0 unspecified atom stereocenters. The van der Waals surface area contributed by atoms with E-state index in [0.29, 0.717) is 0 Å². The topological polar surface area (TPSA) is 21.3 Å². The Morgan fingerprint density at radius 2 is 1.72 bits per heavy atom. The molecule has 2 nitrogen and oxygen atoms in total. The first-order valence-electron chi connectivity index (χ1n) is 6.95. The molecule has 0 amide bonds. The molecule has 2 aliphatic rings. The highest BCUT2D eigenvalue weighted by Gasteiger charge is 2.40. The van der Waals surface area contributed by atoms with Crippen LogP contribution in [-0.2, 0) is 0 Å². The molecular formula is C15H20BrNO. The molecule has 0 bridgehead atoms. The Morgan fingerprint density at radius 1 is 1.11 bits per heavy atom. The van der Waals surface area contributed by atoms with Crippen molar-refractivity contribution in [3.05, 3.63) is 28.7 Å². The van der Waals surface area contributed by atoms with Gasteiger partial charge in [-0.25, -0.2) is 0 Å². The van der Waals surface area contributed by atoms with E-state index in [1.807, 2.05) is 24.3 Å². The molecule has 98 valence electrons. The molecule has 0 radical (unpaired) electrons. The molecule has 2 fully saturated rings. The quantitative estimate of drug-likeness (QED) is 0.777. The third-order valence-corrected chi connectivity index (χ3v) is 4.35. The van der Waals surface area contributed by atoms with Gasteiger partial charge in [0.15, 0.2) is 0 Å². The van der Waals surface area contributed by atoms with E-state index in [2.05, 4.69) is 21.2 Å². The van der Waals surface area contributed by atoms with Gasteiger partial charge in [0.1, 0.15) is 12.4 Å². The Labute approximate surface area is 117 Å². The first-order valence-corrected chi connectivity index (χ1v) is 7.74. The Kier molecular flexibility index (Phi) is 3.90. The number of halogens is 1. The van der Waals surface area contributed by atoms with Crippen molar-refractivity contribution in [2.24, 2.45) is 11.8 Å². The number of rotatable bonds is 7. The van der Waals surface area contributed by atoms with Crippen LogP contribution in [0, 0.1) is 11.8 Å². The molecule has 1 aromatic rings. The van der Waals surface area contributed by atoms with Gasteiger partial charge in [-0.2, -0.15) is 0 Å². The van der Waals surface area contributed by atoms with Crippen LogP contribution in [-0.4, -0.2) is 19.2 Å². The zero-order chi connectivity index (χ0) is 12.4. The molecule has 1 N–H and O–H groups in total. The van der Waals surface area contributed by atoms with Crippen molar-refractivity contribution in [2.75, 3.05) is 13.2 Å². The van der Waals surface area contributed by atoms with Crippen molar-refractivity contribution < 1.29 is 4.74 Å². The fourth-order valence-electron chi connectivity index (χ4n) is 2.55. The van der Waals surface area contributed by atoms with Crippen LogP contribution in [0.15, 0.2) is 28.7 Å². The standard InChI is InChI=1S/C15H20BrNO/c16-13-5-7-14(8-6-13)18-10-9-17-15(11-1-2-11)12-3-4-12/h5-8,11-12,15,17H,1-4,9-10H2. The van der Waals surface area contributed by atoms with Crippen LogP contribution in [0.4, 0.5) is 0 Å². The highest BCUT2D eigenvalue weighted by molar-refractivity contribution is 9.10. The Bertz CT molecular complexity index is 372. The lowest BCUT2D eigenvalue weighted by molar-refractivity contribution is 0.293. The lowest BCUT2D eigenvalue weighted by Gasteiger charge is -2.17. The predicted octanol–water partition coefficient (Wildman–Crippen LogP) is 3.61. The molecule has 0 atom stereocenters. The van der Waals surface area contributed by atoms with E-state index in [9.17, 15) is 0 Å². The molecule has 1 aromatic carbocycles. The number of ether oxygens (including phenoxy) is 1. The van der Waals surface area contributed by atoms with E-state index >= 15 is 0 Å². The smallest absolute Gasteiger partial charge is 0.119 e. The third kappa shape index (κ3) is 3.48. The summed E-state index contributed by atoms with van der Waals surface area (Å²) in [7, 11) is 0. The highest BCUT2D eigenvalue weighted by Crippen LogP contribution is 2.44. The molecule has 0 saturated heterocycles. The zero-order valence-electron chi connectivity index (χ0n) is 10.6. The largest absolute Gasteiger partial charge is 0.492 e. The van der Waals surface area contributed by atoms with Crippen molar-refractivity contribution in [1.82, 2.24) is 5.32 Å². The third-order valence-electron chi connectivity index (χ3n) is 3.82. The monoisotopic (exact) mass is 309 g/mol. The van der Waals surface area contributed by atoms with Crippen LogP contribution in [0.3, 0.4) is 0 Å². The maximum Gasteiger partial charge on any atom is 0.119 e. The number of benzene rings is 1. The Morgan fingerprint density at radius 3 is 2.28 bits per heavy atom. The summed E-state index contributed by atoms with van der Waals surface area (Å²) >= 11 is 3.42. The molecular weight excluding hydrogens is 290 g/mol. The lowest BCUT2D eigenvalue weighted by atomic mass is 10.1. The van der Waals surface area contributed by atoms with Crippen molar-refractivity contribution in [2.45, 2.75) is 31.7 Å². The molecule has 3 rings (SSSR count). The summed E-state index contributed by atoms with van der Waals surface area (Å²) in [5.74, 6) is 2.88. The second-order valence-corrected chi connectivity index (χ2v) is 6.37.